The van der Waals surface area contributed by atoms with E-state index in [0.29, 0.717) is 28.0 Å². The molecule has 2 aromatic heterocycles. The average molecular weight is 558 g/mol. The van der Waals surface area contributed by atoms with Crippen LogP contribution >= 0.6 is 0 Å². The highest BCUT2D eigenvalue weighted by molar-refractivity contribution is 6.06. The second-order valence-electron chi connectivity index (χ2n) is 9.31. The summed E-state index contributed by atoms with van der Waals surface area (Å²) in [6.45, 7) is 0.203. The van der Waals surface area contributed by atoms with E-state index in [1.54, 1.807) is 77.6 Å². The molecular formula is C32H23N5O5. The van der Waals surface area contributed by atoms with Gasteiger partial charge in [0.1, 0.15) is 23.0 Å². The molecule has 0 saturated carbocycles. The molecule has 0 radical (unpaired) electrons. The van der Waals surface area contributed by atoms with Crippen LogP contribution in [0.2, 0.25) is 0 Å². The van der Waals surface area contributed by atoms with Gasteiger partial charge in [-0.15, -0.1) is 0 Å². The Hall–Kier alpha value is -6.03. The average Bonchev–Trinajstić information content (AvgIpc) is 3.36. The first-order valence-electron chi connectivity index (χ1n) is 12.9. The number of nitrogens with two attached hydrogens (primary N) is 1. The van der Waals surface area contributed by atoms with Crippen molar-refractivity contribution < 1.29 is 24.2 Å². The van der Waals surface area contributed by atoms with Crippen molar-refractivity contribution in [3.8, 4) is 17.5 Å². The largest absolute Gasteiger partial charge is 0.477 e. The number of para-hydroxylation sites is 1. The first-order valence-corrected chi connectivity index (χ1v) is 12.9. The van der Waals surface area contributed by atoms with Crippen LogP contribution in [-0.4, -0.2) is 37.5 Å². The van der Waals surface area contributed by atoms with E-state index in [2.05, 4.69) is 15.0 Å². The molecule has 4 aromatic carbocycles. The number of carbonyl (C=O) groups excluding carboxylic acids is 1. The molecule has 2 heterocycles. The zero-order valence-corrected chi connectivity index (χ0v) is 22.0. The number of nitrogens with zero attached hydrogens (tertiary/aromatic N) is 4. The van der Waals surface area contributed by atoms with Gasteiger partial charge in [-0.2, -0.15) is 4.99 Å². The maximum absolute atomic E-state index is 12.4. The van der Waals surface area contributed by atoms with Gasteiger partial charge in [0.25, 0.3) is 0 Å². The summed E-state index contributed by atoms with van der Waals surface area (Å²) in [5.74, 6) is -0.301. The molecule has 0 fully saturated rings. The predicted molar refractivity (Wildman–Crippen MR) is 157 cm³/mol. The lowest BCUT2D eigenvalue weighted by molar-refractivity contribution is 0.0686. The smallest absolute Gasteiger partial charge is 0.441 e. The van der Waals surface area contributed by atoms with Crippen molar-refractivity contribution in [3.63, 3.8) is 0 Å². The van der Waals surface area contributed by atoms with Gasteiger partial charge >= 0.3 is 18.1 Å². The van der Waals surface area contributed by atoms with Gasteiger partial charge in [-0.3, -0.25) is 0 Å². The van der Waals surface area contributed by atoms with E-state index >= 15 is 0 Å². The summed E-state index contributed by atoms with van der Waals surface area (Å²) in [6.07, 6.45) is 2.30. The topological polar surface area (TPSA) is 142 Å². The summed E-state index contributed by atoms with van der Waals surface area (Å²) in [5, 5.41) is 12.6. The van der Waals surface area contributed by atoms with Crippen LogP contribution in [0.3, 0.4) is 0 Å². The highest BCUT2D eigenvalue weighted by Gasteiger charge is 2.18. The van der Waals surface area contributed by atoms with E-state index in [1.807, 2.05) is 36.4 Å². The van der Waals surface area contributed by atoms with Crippen molar-refractivity contribution in [2.24, 2.45) is 10.7 Å². The summed E-state index contributed by atoms with van der Waals surface area (Å²) < 4.78 is 12.8. The van der Waals surface area contributed by atoms with E-state index in [0.717, 1.165) is 16.3 Å². The van der Waals surface area contributed by atoms with Crippen LogP contribution in [0, 0.1) is 0 Å². The van der Waals surface area contributed by atoms with Gasteiger partial charge in [0, 0.05) is 35.4 Å². The highest BCUT2D eigenvalue weighted by Crippen LogP contribution is 2.30. The first kappa shape index (κ1) is 26.2. The van der Waals surface area contributed by atoms with Gasteiger partial charge < -0.3 is 24.9 Å². The quantitative estimate of drug-likeness (QED) is 0.179. The molecule has 0 saturated heterocycles. The number of aliphatic imine (C=N–C) groups is 1. The SMILES string of the molecule is NC(=NC(=O)Oc1ccccc1)c1ccc2cc(C(=O)O)n(Cc3cc(Oc4ncccn4)cc4ccccc34)c2c1. The summed E-state index contributed by atoms with van der Waals surface area (Å²) >= 11 is 0. The van der Waals surface area contributed by atoms with Gasteiger partial charge in [0.05, 0.1) is 0 Å². The number of carboxylic acids is 1. The lowest BCUT2D eigenvalue weighted by Gasteiger charge is -2.14. The minimum absolute atomic E-state index is 0.0637. The number of carbonyl (C=O) groups is 2. The van der Waals surface area contributed by atoms with Gasteiger partial charge in [0.2, 0.25) is 0 Å². The summed E-state index contributed by atoms with van der Waals surface area (Å²) in [5.41, 5.74) is 8.11. The molecule has 6 aromatic rings. The maximum Gasteiger partial charge on any atom is 0.441 e. The Morgan fingerprint density at radius 1 is 0.833 bits per heavy atom. The van der Waals surface area contributed by atoms with Crippen LogP contribution in [0.25, 0.3) is 21.7 Å². The van der Waals surface area contributed by atoms with Crippen LogP contribution in [0.1, 0.15) is 21.6 Å². The van der Waals surface area contributed by atoms with Crippen molar-refractivity contribution >= 4 is 39.6 Å². The molecule has 0 aliphatic carbocycles. The Balaban J connectivity index is 1.39. The zero-order chi connectivity index (χ0) is 29.1. The molecule has 3 N–H and O–H groups in total. The molecule has 0 spiro atoms. The number of fused-ring (bicyclic) bond motifs is 2. The molecule has 6 rings (SSSR count). The number of carboxylic acid groups (broad SMARTS) is 1. The van der Waals surface area contributed by atoms with Crippen LogP contribution in [0.5, 0.6) is 17.5 Å². The third-order valence-electron chi connectivity index (χ3n) is 6.58. The number of rotatable bonds is 7. The molecule has 206 valence electrons. The number of benzene rings is 4. The molecule has 0 aliphatic heterocycles. The maximum atomic E-state index is 12.4. The van der Waals surface area contributed by atoms with Gasteiger partial charge in [-0.25, -0.2) is 19.6 Å². The van der Waals surface area contributed by atoms with Gasteiger partial charge in [-0.1, -0.05) is 54.6 Å². The lowest BCUT2D eigenvalue weighted by atomic mass is 10.0. The van der Waals surface area contributed by atoms with Crippen LogP contribution in [0.4, 0.5) is 4.79 Å². The van der Waals surface area contributed by atoms with Gasteiger partial charge in [0.15, 0.2) is 0 Å². The van der Waals surface area contributed by atoms with E-state index in [4.69, 9.17) is 15.2 Å². The molecule has 0 bridgehead atoms. The highest BCUT2D eigenvalue weighted by atomic mass is 16.5. The van der Waals surface area contributed by atoms with Crippen LogP contribution in [0.15, 0.2) is 114 Å². The van der Waals surface area contributed by atoms with Crippen molar-refractivity contribution in [3.05, 3.63) is 126 Å². The normalized spacial score (nSPS) is 11.5. The fourth-order valence-electron chi connectivity index (χ4n) is 4.70. The lowest BCUT2D eigenvalue weighted by Crippen LogP contribution is -2.17. The minimum atomic E-state index is -1.09. The van der Waals surface area contributed by atoms with Crippen molar-refractivity contribution in [2.45, 2.75) is 6.54 Å². The molecule has 10 nitrogen and oxygen atoms in total. The standard InChI is InChI=1S/C32H23N5O5/c33-29(36-32(40)42-24-8-2-1-3-9-24)22-12-11-21-17-28(30(38)39)37(27(21)18-22)19-23-16-25(41-31-34-13-6-14-35-31)15-20-7-4-5-10-26(20)23/h1-18H,19H2,(H,38,39)(H2,33,36,40). The summed E-state index contributed by atoms with van der Waals surface area (Å²) in [7, 11) is 0. The van der Waals surface area contributed by atoms with Crippen LogP contribution in [-0.2, 0) is 6.54 Å². The molecular weight excluding hydrogens is 534 g/mol. The minimum Gasteiger partial charge on any atom is -0.477 e. The van der Waals surface area contributed by atoms with Gasteiger partial charge in [-0.05, 0) is 58.8 Å². The van der Waals surface area contributed by atoms with Crippen molar-refractivity contribution in [1.82, 2.24) is 14.5 Å². The Morgan fingerprint density at radius 3 is 2.38 bits per heavy atom. The van der Waals surface area contributed by atoms with E-state index in [9.17, 15) is 14.7 Å². The molecule has 0 unspecified atom stereocenters. The van der Waals surface area contributed by atoms with Crippen molar-refractivity contribution in [1.29, 1.82) is 0 Å². The zero-order valence-electron chi connectivity index (χ0n) is 22.0. The molecule has 0 aliphatic rings. The fraction of sp³-hybridized carbons (Fsp3) is 0.0312. The molecule has 10 heteroatoms. The third-order valence-corrected chi connectivity index (χ3v) is 6.58. The number of ether oxygens (including phenoxy) is 2. The van der Waals surface area contributed by atoms with Crippen molar-refractivity contribution in [2.75, 3.05) is 0 Å². The second kappa shape index (κ2) is 11.2. The summed E-state index contributed by atoms with van der Waals surface area (Å²) in [4.78, 5) is 36.8. The molecule has 1 amide bonds. The Morgan fingerprint density at radius 2 is 1.60 bits per heavy atom. The molecule has 42 heavy (non-hydrogen) atoms. The number of hydrogen-bond acceptors (Lipinski definition) is 6. The van der Waals surface area contributed by atoms with E-state index in [1.165, 1.54) is 0 Å². The number of amidine groups is 1. The summed E-state index contributed by atoms with van der Waals surface area (Å²) in [6, 6.07) is 28.6. The number of hydrogen-bond donors (Lipinski definition) is 2. The molecule has 0 atom stereocenters. The number of aromatic carboxylic acids is 1. The number of aromatic nitrogens is 3. The van der Waals surface area contributed by atoms with Crippen LogP contribution < -0.4 is 15.2 Å². The predicted octanol–water partition coefficient (Wildman–Crippen LogP) is 6.03. The third kappa shape index (κ3) is 5.50. The Bertz CT molecular complexity index is 1970. The Kier molecular flexibility index (Phi) is 7.00. The monoisotopic (exact) mass is 557 g/mol. The second-order valence-corrected chi connectivity index (χ2v) is 9.31. The number of amides is 1. The van der Waals surface area contributed by atoms with E-state index in [-0.39, 0.29) is 24.1 Å². The Labute approximate surface area is 239 Å². The first-order chi connectivity index (χ1) is 20.4. The van der Waals surface area contributed by atoms with E-state index < -0.39 is 12.1 Å². The fourth-order valence-corrected chi connectivity index (χ4v) is 4.70.